The van der Waals surface area contributed by atoms with Gasteiger partial charge in [0.1, 0.15) is 5.75 Å². The third-order valence-corrected chi connectivity index (χ3v) is 4.03. The van der Waals surface area contributed by atoms with Crippen molar-refractivity contribution in [2.24, 2.45) is 0 Å². The molecule has 0 unspecified atom stereocenters. The highest BCUT2D eigenvalue weighted by Crippen LogP contribution is 2.39. The van der Waals surface area contributed by atoms with Crippen LogP contribution in [-0.2, 0) is 0 Å². The molecule has 88 valence electrons. The van der Waals surface area contributed by atoms with Crippen molar-refractivity contribution in [3.8, 4) is 16.2 Å². The number of hydrogen-bond donors (Lipinski definition) is 2. The van der Waals surface area contributed by atoms with Gasteiger partial charge in [-0.1, -0.05) is 23.7 Å². The summed E-state index contributed by atoms with van der Waals surface area (Å²) < 4.78 is 0. The minimum Gasteiger partial charge on any atom is -0.506 e. The molecule has 0 radical (unpaired) electrons. The first-order chi connectivity index (χ1) is 8.00. The lowest BCUT2D eigenvalue weighted by molar-refractivity contribution is 0.478. The maximum atomic E-state index is 10.0. The van der Waals surface area contributed by atoms with Crippen molar-refractivity contribution in [3.63, 3.8) is 0 Å². The molecule has 0 aliphatic rings. The van der Waals surface area contributed by atoms with Crippen molar-refractivity contribution in [1.29, 1.82) is 5.41 Å². The van der Waals surface area contributed by atoms with E-state index in [9.17, 15) is 5.11 Å². The van der Waals surface area contributed by atoms with Crippen LogP contribution < -0.4 is 0 Å². The summed E-state index contributed by atoms with van der Waals surface area (Å²) >= 11 is 7.49. The lowest BCUT2D eigenvalue weighted by Crippen LogP contribution is -1.88. The summed E-state index contributed by atoms with van der Waals surface area (Å²) in [5.41, 5.74) is 2.84. The Bertz CT molecular complexity index is 589. The minimum atomic E-state index is 0.169. The van der Waals surface area contributed by atoms with Gasteiger partial charge in [0.05, 0.1) is 4.88 Å². The van der Waals surface area contributed by atoms with E-state index in [2.05, 4.69) is 0 Å². The second-order valence-electron chi connectivity index (χ2n) is 3.92. The van der Waals surface area contributed by atoms with Crippen LogP contribution in [0.2, 0.25) is 5.02 Å². The third kappa shape index (κ3) is 2.21. The Kier molecular flexibility index (Phi) is 3.22. The largest absolute Gasteiger partial charge is 0.506 e. The molecule has 0 saturated heterocycles. The monoisotopic (exact) mass is 265 g/mol. The Morgan fingerprint density at radius 2 is 2.12 bits per heavy atom. The molecule has 2 aromatic rings. The zero-order valence-electron chi connectivity index (χ0n) is 9.54. The Hall–Kier alpha value is -1.32. The van der Waals surface area contributed by atoms with Gasteiger partial charge < -0.3 is 10.5 Å². The molecule has 0 aliphatic carbocycles. The van der Waals surface area contributed by atoms with Crippen LogP contribution in [0.5, 0.6) is 5.75 Å². The van der Waals surface area contributed by atoms with Crippen molar-refractivity contribution in [2.45, 2.75) is 13.8 Å². The van der Waals surface area contributed by atoms with Crippen LogP contribution in [0.1, 0.15) is 18.1 Å². The Morgan fingerprint density at radius 3 is 2.65 bits per heavy atom. The molecule has 0 aliphatic heterocycles. The smallest absolute Gasteiger partial charge is 0.143 e. The highest BCUT2D eigenvalue weighted by atomic mass is 35.5. The van der Waals surface area contributed by atoms with Gasteiger partial charge in [-0.05, 0) is 31.0 Å². The van der Waals surface area contributed by atoms with E-state index in [0.717, 1.165) is 16.0 Å². The van der Waals surface area contributed by atoms with Gasteiger partial charge in [0.25, 0.3) is 0 Å². The van der Waals surface area contributed by atoms with Crippen molar-refractivity contribution in [1.82, 2.24) is 0 Å². The van der Waals surface area contributed by atoms with Gasteiger partial charge in [0.2, 0.25) is 0 Å². The van der Waals surface area contributed by atoms with Gasteiger partial charge in [0, 0.05) is 21.7 Å². The molecule has 2 N–H and O–H groups in total. The second-order valence-corrected chi connectivity index (χ2v) is 5.20. The van der Waals surface area contributed by atoms with E-state index >= 15 is 0 Å². The summed E-state index contributed by atoms with van der Waals surface area (Å²) in [5, 5.41) is 20.1. The summed E-state index contributed by atoms with van der Waals surface area (Å²) in [6, 6.07) is 5.69. The molecule has 2 rings (SSSR count). The first-order valence-electron chi connectivity index (χ1n) is 5.13. The average molecular weight is 266 g/mol. The van der Waals surface area contributed by atoms with Crippen LogP contribution in [0.25, 0.3) is 10.4 Å². The van der Waals surface area contributed by atoms with E-state index < -0.39 is 0 Å². The van der Waals surface area contributed by atoms with Crippen LogP contribution in [0.4, 0.5) is 0 Å². The zero-order valence-corrected chi connectivity index (χ0v) is 11.1. The van der Waals surface area contributed by atoms with E-state index in [1.807, 2.05) is 25.1 Å². The van der Waals surface area contributed by atoms with E-state index in [4.69, 9.17) is 17.0 Å². The molecule has 0 atom stereocenters. The number of rotatable bonds is 2. The Morgan fingerprint density at radius 1 is 1.41 bits per heavy atom. The molecule has 0 spiro atoms. The van der Waals surface area contributed by atoms with Gasteiger partial charge in [-0.25, -0.2) is 0 Å². The predicted molar refractivity (Wildman–Crippen MR) is 73.7 cm³/mol. The van der Waals surface area contributed by atoms with Crippen LogP contribution in [-0.4, -0.2) is 10.8 Å². The van der Waals surface area contributed by atoms with Gasteiger partial charge in [-0.2, -0.15) is 0 Å². The van der Waals surface area contributed by atoms with E-state index in [-0.39, 0.29) is 5.75 Å². The van der Waals surface area contributed by atoms with Crippen LogP contribution in [0, 0.1) is 12.3 Å². The lowest BCUT2D eigenvalue weighted by Gasteiger charge is -2.03. The highest BCUT2D eigenvalue weighted by molar-refractivity contribution is 7.14. The summed E-state index contributed by atoms with van der Waals surface area (Å²) in [5.74, 6) is 0.169. The molecule has 0 saturated carbocycles. The summed E-state index contributed by atoms with van der Waals surface area (Å²) in [7, 11) is 0. The topological polar surface area (TPSA) is 44.1 Å². The van der Waals surface area contributed by atoms with Crippen LogP contribution >= 0.6 is 22.9 Å². The molecular formula is C13H12ClNOS. The maximum absolute atomic E-state index is 10.0. The number of aromatic hydroxyl groups is 1. The molecule has 4 heteroatoms. The Labute approximate surface area is 109 Å². The summed E-state index contributed by atoms with van der Waals surface area (Å²) in [4.78, 5) is 0.758. The van der Waals surface area contributed by atoms with Crippen LogP contribution in [0.3, 0.4) is 0 Å². The number of benzene rings is 1. The normalized spacial score (nSPS) is 10.5. The Balaban J connectivity index is 2.53. The van der Waals surface area contributed by atoms with Crippen molar-refractivity contribution < 1.29 is 5.11 Å². The molecule has 0 amide bonds. The maximum Gasteiger partial charge on any atom is 0.143 e. The van der Waals surface area contributed by atoms with Gasteiger partial charge in [0.15, 0.2) is 0 Å². The molecule has 2 nitrogen and oxygen atoms in total. The van der Waals surface area contributed by atoms with E-state index in [0.29, 0.717) is 16.3 Å². The van der Waals surface area contributed by atoms with E-state index in [1.54, 1.807) is 12.3 Å². The molecule has 0 fully saturated rings. The number of aryl methyl sites for hydroxylation is 1. The quantitative estimate of drug-likeness (QED) is 0.773. The van der Waals surface area contributed by atoms with Gasteiger partial charge >= 0.3 is 0 Å². The fourth-order valence-electron chi connectivity index (χ4n) is 1.56. The minimum absolute atomic E-state index is 0.169. The van der Waals surface area contributed by atoms with Crippen molar-refractivity contribution in [3.05, 3.63) is 39.7 Å². The number of halogens is 1. The standard InChI is InChI=1S/C13H12ClNOS/c1-7-3-4-9(5-11(7)14)13-12(16)10(6-17-13)8(2)15/h3-6,15-16H,1-2H3. The number of thiophene rings is 1. The fraction of sp³-hybridized carbons (Fsp3) is 0.154. The average Bonchev–Trinajstić information content (AvgIpc) is 2.64. The fourth-order valence-corrected chi connectivity index (χ4v) is 2.75. The highest BCUT2D eigenvalue weighted by Gasteiger charge is 2.14. The third-order valence-electron chi connectivity index (χ3n) is 2.60. The van der Waals surface area contributed by atoms with E-state index in [1.165, 1.54) is 11.3 Å². The van der Waals surface area contributed by atoms with Gasteiger partial charge in [-0.3, -0.25) is 0 Å². The van der Waals surface area contributed by atoms with Gasteiger partial charge in [-0.15, -0.1) is 11.3 Å². The van der Waals surface area contributed by atoms with Crippen molar-refractivity contribution in [2.75, 3.05) is 0 Å². The second kappa shape index (κ2) is 4.51. The summed E-state index contributed by atoms with van der Waals surface area (Å²) in [6.07, 6.45) is 0. The number of hydrogen-bond acceptors (Lipinski definition) is 3. The SMILES string of the molecule is CC(=N)c1csc(-c2ccc(C)c(Cl)c2)c1O. The molecule has 1 aromatic carbocycles. The van der Waals surface area contributed by atoms with Crippen molar-refractivity contribution >= 4 is 28.6 Å². The molecule has 1 heterocycles. The first-order valence-corrected chi connectivity index (χ1v) is 6.39. The zero-order chi connectivity index (χ0) is 12.6. The lowest BCUT2D eigenvalue weighted by atomic mass is 10.1. The first kappa shape index (κ1) is 12.1. The predicted octanol–water partition coefficient (Wildman–Crippen LogP) is 4.47. The summed E-state index contributed by atoms with van der Waals surface area (Å²) in [6.45, 7) is 3.60. The molecule has 1 aromatic heterocycles. The molecule has 17 heavy (non-hydrogen) atoms. The number of nitrogens with one attached hydrogen (secondary N) is 1. The molecular weight excluding hydrogens is 254 g/mol. The van der Waals surface area contributed by atoms with Crippen LogP contribution in [0.15, 0.2) is 23.6 Å². The molecule has 0 bridgehead atoms.